The molecule has 0 aliphatic carbocycles. The summed E-state index contributed by atoms with van der Waals surface area (Å²) in [6.45, 7) is 8.41. The fraction of sp³-hybridized carbons (Fsp3) is 0.400. The van der Waals surface area contributed by atoms with Crippen LogP contribution in [0.15, 0.2) is 54.6 Å². The van der Waals surface area contributed by atoms with Crippen molar-refractivity contribution in [1.82, 2.24) is 20.0 Å². The van der Waals surface area contributed by atoms with E-state index in [0.717, 1.165) is 23.4 Å². The normalized spacial score (nSPS) is 14.1. The van der Waals surface area contributed by atoms with Gasteiger partial charge in [0.2, 0.25) is 5.91 Å². The van der Waals surface area contributed by atoms with Gasteiger partial charge >= 0.3 is 0 Å². The average molecular weight is 532 g/mol. The number of rotatable bonds is 9. The first-order valence-corrected chi connectivity index (χ1v) is 13.3. The lowest BCUT2D eigenvalue weighted by Crippen LogP contribution is -2.53. The third kappa shape index (κ3) is 6.30. The third-order valence-electron chi connectivity index (χ3n) is 7.36. The summed E-state index contributed by atoms with van der Waals surface area (Å²) in [7, 11) is 3.23. The minimum atomic E-state index is -0.0988. The molecule has 1 atom stereocenters. The molecular formula is C30H37N5O4. The highest BCUT2D eigenvalue weighted by atomic mass is 16.5. The first-order valence-electron chi connectivity index (χ1n) is 13.3. The number of hydrogen-bond acceptors (Lipinski definition) is 7. The Balaban J connectivity index is 1.38. The topological polar surface area (TPSA) is 88.1 Å². The molecule has 206 valence electrons. The number of amides is 2. The fourth-order valence-corrected chi connectivity index (χ4v) is 4.69. The van der Waals surface area contributed by atoms with Crippen LogP contribution in [0.1, 0.15) is 36.2 Å². The number of benzene rings is 2. The van der Waals surface area contributed by atoms with Gasteiger partial charge in [-0.05, 0) is 56.2 Å². The highest BCUT2D eigenvalue weighted by Gasteiger charge is 2.28. The summed E-state index contributed by atoms with van der Waals surface area (Å²) < 4.78 is 10.8. The second-order valence-corrected chi connectivity index (χ2v) is 9.72. The molecule has 4 rings (SSSR count). The van der Waals surface area contributed by atoms with Crippen LogP contribution in [0.25, 0.3) is 11.3 Å². The van der Waals surface area contributed by atoms with Crippen LogP contribution >= 0.6 is 0 Å². The smallest absolute Gasteiger partial charge is 0.254 e. The molecule has 1 fully saturated rings. The van der Waals surface area contributed by atoms with E-state index < -0.39 is 0 Å². The molecule has 3 aromatic rings. The highest BCUT2D eigenvalue weighted by molar-refractivity contribution is 5.98. The Hall–Kier alpha value is -4.14. The molecular weight excluding hydrogens is 494 g/mol. The van der Waals surface area contributed by atoms with E-state index >= 15 is 0 Å². The van der Waals surface area contributed by atoms with E-state index in [9.17, 15) is 9.59 Å². The van der Waals surface area contributed by atoms with Crippen LogP contribution in [0.5, 0.6) is 11.5 Å². The fourth-order valence-electron chi connectivity index (χ4n) is 4.69. The van der Waals surface area contributed by atoms with E-state index in [1.807, 2.05) is 80.3 Å². The van der Waals surface area contributed by atoms with E-state index in [1.54, 1.807) is 19.1 Å². The van der Waals surface area contributed by atoms with Crippen molar-refractivity contribution >= 4 is 17.6 Å². The maximum atomic E-state index is 13.3. The van der Waals surface area contributed by atoms with Gasteiger partial charge in [0, 0.05) is 49.4 Å². The summed E-state index contributed by atoms with van der Waals surface area (Å²) in [5.74, 6) is 1.99. The summed E-state index contributed by atoms with van der Waals surface area (Å²) in [5.41, 5.74) is 3.09. The van der Waals surface area contributed by atoms with E-state index in [0.29, 0.717) is 48.9 Å². The van der Waals surface area contributed by atoms with Crippen molar-refractivity contribution in [2.24, 2.45) is 0 Å². The monoisotopic (exact) mass is 531 g/mol. The Kier molecular flexibility index (Phi) is 9.01. The number of ether oxygens (including phenoxy) is 2. The molecule has 2 amide bonds. The van der Waals surface area contributed by atoms with Crippen molar-refractivity contribution in [3.05, 3.63) is 65.7 Å². The third-order valence-corrected chi connectivity index (χ3v) is 7.36. The SMILES string of the molecule is CC[C@H](C)N(CC(=O)N1CCN(c2ccc(-c3ccc(OC)cc3OC)nn2)CC1)C(=O)c1ccccc1C. The van der Waals surface area contributed by atoms with Gasteiger partial charge in [0.15, 0.2) is 5.82 Å². The number of carbonyl (C=O) groups is 2. The van der Waals surface area contributed by atoms with Crippen molar-refractivity contribution in [1.29, 1.82) is 0 Å². The predicted molar refractivity (Wildman–Crippen MR) is 151 cm³/mol. The summed E-state index contributed by atoms with van der Waals surface area (Å²) in [4.78, 5) is 32.3. The summed E-state index contributed by atoms with van der Waals surface area (Å²) >= 11 is 0. The quantitative estimate of drug-likeness (QED) is 0.412. The molecule has 0 bridgehead atoms. The standard InChI is InChI=1S/C30H37N5O4/c1-6-22(3)35(30(37)24-10-8-7-9-21(24)2)20-29(36)34-17-15-33(16-18-34)28-14-13-26(31-32-28)25-12-11-23(38-4)19-27(25)39-5/h7-14,19,22H,6,15-18,20H2,1-5H3/t22-/m0/s1. The molecule has 1 saturated heterocycles. The van der Waals surface area contributed by atoms with Gasteiger partial charge in [-0.25, -0.2) is 0 Å². The van der Waals surface area contributed by atoms with Crippen LogP contribution in [0.3, 0.4) is 0 Å². The van der Waals surface area contributed by atoms with Crippen LogP contribution in [0.2, 0.25) is 0 Å². The zero-order valence-corrected chi connectivity index (χ0v) is 23.4. The largest absolute Gasteiger partial charge is 0.497 e. The van der Waals surface area contributed by atoms with Crippen LogP contribution in [-0.4, -0.2) is 84.8 Å². The Morgan fingerprint density at radius 3 is 2.33 bits per heavy atom. The van der Waals surface area contributed by atoms with E-state index in [-0.39, 0.29) is 24.4 Å². The highest BCUT2D eigenvalue weighted by Crippen LogP contribution is 2.32. The number of carbonyl (C=O) groups excluding carboxylic acids is 2. The zero-order chi connectivity index (χ0) is 27.9. The number of aryl methyl sites for hydroxylation is 1. The van der Waals surface area contributed by atoms with Gasteiger partial charge in [0.05, 0.1) is 19.9 Å². The predicted octanol–water partition coefficient (Wildman–Crippen LogP) is 4.06. The Morgan fingerprint density at radius 2 is 1.72 bits per heavy atom. The summed E-state index contributed by atoms with van der Waals surface area (Å²) in [6, 6.07) is 16.9. The molecule has 1 aliphatic rings. The van der Waals surface area contributed by atoms with Gasteiger partial charge in [-0.3, -0.25) is 9.59 Å². The number of nitrogens with zero attached hydrogens (tertiary/aromatic N) is 5. The molecule has 0 unspecified atom stereocenters. The molecule has 0 saturated carbocycles. The maximum Gasteiger partial charge on any atom is 0.254 e. The van der Waals surface area contributed by atoms with Gasteiger partial charge in [-0.2, -0.15) is 0 Å². The molecule has 9 nitrogen and oxygen atoms in total. The molecule has 0 spiro atoms. The Morgan fingerprint density at radius 1 is 0.974 bits per heavy atom. The van der Waals surface area contributed by atoms with Crippen molar-refractivity contribution in [3.8, 4) is 22.8 Å². The summed E-state index contributed by atoms with van der Waals surface area (Å²) in [6.07, 6.45) is 0.774. The molecule has 1 aliphatic heterocycles. The molecule has 2 heterocycles. The first-order chi connectivity index (χ1) is 18.9. The van der Waals surface area contributed by atoms with Gasteiger partial charge in [-0.1, -0.05) is 25.1 Å². The van der Waals surface area contributed by atoms with Crippen LogP contribution in [0, 0.1) is 6.92 Å². The average Bonchev–Trinajstić information content (AvgIpc) is 2.99. The zero-order valence-electron chi connectivity index (χ0n) is 23.4. The van der Waals surface area contributed by atoms with Crippen molar-refractivity contribution in [3.63, 3.8) is 0 Å². The van der Waals surface area contributed by atoms with Crippen LogP contribution in [0.4, 0.5) is 5.82 Å². The van der Waals surface area contributed by atoms with Crippen LogP contribution < -0.4 is 14.4 Å². The Labute approximate surface area is 230 Å². The molecule has 0 N–H and O–H groups in total. The maximum absolute atomic E-state index is 13.3. The van der Waals surface area contributed by atoms with Crippen molar-refractivity contribution in [2.45, 2.75) is 33.2 Å². The lowest BCUT2D eigenvalue weighted by molar-refractivity contribution is -0.132. The van der Waals surface area contributed by atoms with Crippen LogP contribution in [-0.2, 0) is 4.79 Å². The van der Waals surface area contributed by atoms with Gasteiger partial charge in [0.25, 0.3) is 5.91 Å². The van der Waals surface area contributed by atoms with E-state index in [2.05, 4.69) is 15.1 Å². The van der Waals surface area contributed by atoms with Crippen molar-refractivity contribution < 1.29 is 19.1 Å². The molecule has 0 radical (unpaired) electrons. The second-order valence-electron chi connectivity index (χ2n) is 9.72. The molecule has 1 aromatic heterocycles. The number of methoxy groups -OCH3 is 2. The van der Waals surface area contributed by atoms with Gasteiger partial charge in [0.1, 0.15) is 18.0 Å². The van der Waals surface area contributed by atoms with Gasteiger partial charge < -0.3 is 24.2 Å². The molecule has 2 aromatic carbocycles. The number of anilines is 1. The number of hydrogen-bond donors (Lipinski definition) is 0. The second kappa shape index (κ2) is 12.6. The minimum absolute atomic E-state index is 0.0371. The van der Waals surface area contributed by atoms with E-state index in [1.165, 1.54) is 0 Å². The van der Waals surface area contributed by atoms with Gasteiger partial charge in [-0.15, -0.1) is 10.2 Å². The summed E-state index contributed by atoms with van der Waals surface area (Å²) in [5, 5.41) is 8.88. The number of piperazine rings is 1. The lowest BCUT2D eigenvalue weighted by Gasteiger charge is -2.37. The first kappa shape index (κ1) is 27.9. The number of aromatic nitrogens is 2. The lowest BCUT2D eigenvalue weighted by atomic mass is 10.1. The van der Waals surface area contributed by atoms with Crippen molar-refractivity contribution in [2.75, 3.05) is 51.8 Å². The molecule has 39 heavy (non-hydrogen) atoms. The Bertz CT molecular complexity index is 1290. The van der Waals surface area contributed by atoms with E-state index in [4.69, 9.17) is 9.47 Å². The minimum Gasteiger partial charge on any atom is -0.497 e. The molecule has 9 heteroatoms.